The Labute approximate surface area is 133 Å². The standard InChI is InChI=1S/C14H17Cl2N3O2/c1-9(13(20)19-6-5-17-14(19)21)18(2)8-10-3-4-11(15)12(16)7-10/h3-4,7,9H,5-6,8H2,1-2H3,(H,17,21)/t9-/m1/s1. The zero-order valence-corrected chi connectivity index (χ0v) is 13.4. The van der Waals surface area contributed by atoms with Crippen molar-refractivity contribution in [3.05, 3.63) is 33.8 Å². The van der Waals surface area contributed by atoms with Gasteiger partial charge in [0.05, 0.1) is 16.1 Å². The van der Waals surface area contributed by atoms with E-state index in [4.69, 9.17) is 23.2 Å². The SMILES string of the molecule is C[C@H](C(=O)N1CCNC1=O)N(C)Cc1ccc(Cl)c(Cl)c1. The fourth-order valence-electron chi connectivity index (χ4n) is 2.16. The molecule has 0 bridgehead atoms. The highest BCUT2D eigenvalue weighted by Crippen LogP contribution is 2.23. The summed E-state index contributed by atoms with van der Waals surface area (Å²) in [7, 11) is 1.83. The lowest BCUT2D eigenvalue weighted by Crippen LogP contribution is -2.46. The Bertz CT molecular complexity index is 565. The molecule has 5 nitrogen and oxygen atoms in total. The predicted octanol–water partition coefficient (Wildman–Crippen LogP) is 2.37. The largest absolute Gasteiger partial charge is 0.336 e. The number of halogens is 2. The quantitative estimate of drug-likeness (QED) is 0.922. The minimum atomic E-state index is -0.400. The highest BCUT2D eigenvalue weighted by Gasteiger charge is 2.31. The molecule has 0 radical (unpaired) electrons. The Kier molecular flexibility index (Phi) is 5.08. The monoisotopic (exact) mass is 329 g/mol. The molecule has 1 N–H and O–H groups in total. The molecule has 114 valence electrons. The van der Waals surface area contributed by atoms with Crippen LogP contribution in [-0.4, -0.2) is 47.9 Å². The van der Waals surface area contributed by atoms with E-state index in [-0.39, 0.29) is 11.9 Å². The molecule has 1 atom stereocenters. The maximum Gasteiger partial charge on any atom is 0.324 e. The highest BCUT2D eigenvalue weighted by atomic mass is 35.5. The maximum absolute atomic E-state index is 12.3. The van der Waals surface area contributed by atoms with Gasteiger partial charge < -0.3 is 5.32 Å². The molecular formula is C14H17Cl2N3O2. The number of likely N-dealkylation sites (N-methyl/N-ethyl adjacent to an activating group) is 1. The van der Waals surface area contributed by atoms with E-state index in [2.05, 4.69) is 5.32 Å². The van der Waals surface area contributed by atoms with E-state index >= 15 is 0 Å². The number of imide groups is 1. The van der Waals surface area contributed by atoms with Crippen molar-refractivity contribution in [3.8, 4) is 0 Å². The van der Waals surface area contributed by atoms with Gasteiger partial charge in [-0.15, -0.1) is 0 Å². The number of hydrogen-bond donors (Lipinski definition) is 1. The summed E-state index contributed by atoms with van der Waals surface area (Å²) in [6.07, 6.45) is 0. The van der Waals surface area contributed by atoms with E-state index in [0.29, 0.717) is 29.7 Å². The molecule has 0 aromatic heterocycles. The molecule has 1 aliphatic heterocycles. The van der Waals surface area contributed by atoms with Gasteiger partial charge in [0.2, 0.25) is 5.91 Å². The van der Waals surface area contributed by atoms with Crippen molar-refractivity contribution in [2.24, 2.45) is 0 Å². The summed E-state index contributed by atoms with van der Waals surface area (Å²) in [5.41, 5.74) is 0.956. The van der Waals surface area contributed by atoms with Crippen molar-refractivity contribution in [3.63, 3.8) is 0 Å². The molecule has 3 amide bonds. The van der Waals surface area contributed by atoms with E-state index in [0.717, 1.165) is 5.56 Å². The van der Waals surface area contributed by atoms with Gasteiger partial charge in [0, 0.05) is 19.6 Å². The Morgan fingerprint density at radius 2 is 2.14 bits per heavy atom. The van der Waals surface area contributed by atoms with Crippen LogP contribution >= 0.6 is 23.2 Å². The zero-order chi connectivity index (χ0) is 15.6. The molecule has 1 fully saturated rings. The van der Waals surface area contributed by atoms with Gasteiger partial charge in [0.15, 0.2) is 0 Å². The molecule has 1 saturated heterocycles. The fraction of sp³-hybridized carbons (Fsp3) is 0.429. The Morgan fingerprint density at radius 1 is 1.43 bits per heavy atom. The first-order valence-electron chi connectivity index (χ1n) is 6.63. The summed E-state index contributed by atoms with van der Waals surface area (Å²) >= 11 is 11.9. The molecule has 1 aromatic carbocycles. The van der Waals surface area contributed by atoms with Gasteiger partial charge in [-0.1, -0.05) is 29.3 Å². The molecular weight excluding hydrogens is 313 g/mol. The van der Waals surface area contributed by atoms with E-state index in [1.807, 2.05) is 18.0 Å². The first kappa shape index (κ1) is 16.1. The van der Waals surface area contributed by atoms with Gasteiger partial charge in [-0.25, -0.2) is 4.79 Å². The lowest BCUT2D eigenvalue weighted by Gasteiger charge is -2.26. The van der Waals surface area contributed by atoms with Crippen LogP contribution in [-0.2, 0) is 11.3 Å². The number of carbonyl (C=O) groups excluding carboxylic acids is 2. The molecule has 0 unspecified atom stereocenters. The molecule has 1 heterocycles. The normalized spacial score (nSPS) is 16.2. The molecule has 1 aliphatic rings. The van der Waals surface area contributed by atoms with Crippen molar-refractivity contribution in [1.82, 2.24) is 15.1 Å². The maximum atomic E-state index is 12.3. The number of benzene rings is 1. The average Bonchev–Trinajstić information content (AvgIpc) is 2.87. The van der Waals surface area contributed by atoms with Crippen LogP contribution in [0, 0.1) is 0 Å². The van der Waals surface area contributed by atoms with Crippen LogP contribution < -0.4 is 5.32 Å². The molecule has 1 aromatic rings. The first-order chi connectivity index (χ1) is 9.90. The summed E-state index contributed by atoms with van der Waals surface area (Å²) in [5, 5.41) is 3.61. The first-order valence-corrected chi connectivity index (χ1v) is 7.39. The third kappa shape index (κ3) is 3.67. The number of hydrogen-bond acceptors (Lipinski definition) is 3. The van der Waals surface area contributed by atoms with Crippen LogP contribution in [0.4, 0.5) is 4.79 Å². The van der Waals surface area contributed by atoms with Crippen molar-refractivity contribution >= 4 is 35.1 Å². The molecule has 0 saturated carbocycles. The molecule has 7 heteroatoms. The lowest BCUT2D eigenvalue weighted by atomic mass is 10.2. The van der Waals surface area contributed by atoms with E-state index in [9.17, 15) is 9.59 Å². The predicted molar refractivity (Wildman–Crippen MR) is 82.5 cm³/mol. The molecule has 2 rings (SSSR count). The van der Waals surface area contributed by atoms with Gasteiger partial charge in [0.1, 0.15) is 0 Å². The van der Waals surface area contributed by atoms with E-state index in [1.54, 1.807) is 19.1 Å². The number of nitrogens with one attached hydrogen (secondary N) is 1. The van der Waals surface area contributed by atoms with Crippen LogP contribution in [0.2, 0.25) is 10.0 Å². The van der Waals surface area contributed by atoms with Gasteiger partial charge in [-0.2, -0.15) is 0 Å². The lowest BCUT2D eigenvalue weighted by molar-refractivity contribution is -0.132. The zero-order valence-electron chi connectivity index (χ0n) is 11.9. The van der Waals surface area contributed by atoms with Gasteiger partial charge >= 0.3 is 6.03 Å². The van der Waals surface area contributed by atoms with Crippen molar-refractivity contribution < 1.29 is 9.59 Å². The average molecular weight is 330 g/mol. The molecule has 21 heavy (non-hydrogen) atoms. The fourth-order valence-corrected chi connectivity index (χ4v) is 2.48. The third-order valence-electron chi connectivity index (χ3n) is 3.56. The number of rotatable bonds is 4. The van der Waals surface area contributed by atoms with Crippen molar-refractivity contribution in [2.75, 3.05) is 20.1 Å². The van der Waals surface area contributed by atoms with Crippen molar-refractivity contribution in [1.29, 1.82) is 0 Å². The van der Waals surface area contributed by atoms with Crippen LogP contribution in [0.3, 0.4) is 0 Å². The second-order valence-corrected chi connectivity index (χ2v) is 5.88. The van der Waals surface area contributed by atoms with Crippen LogP contribution in [0.1, 0.15) is 12.5 Å². The van der Waals surface area contributed by atoms with Crippen LogP contribution in [0.25, 0.3) is 0 Å². The summed E-state index contributed by atoms with van der Waals surface area (Å²) in [6, 6.07) is 4.65. The number of carbonyl (C=O) groups is 2. The minimum absolute atomic E-state index is 0.201. The smallest absolute Gasteiger partial charge is 0.324 e. The Hall–Kier alpha value is -1.30. The molecule has 0 aliphatic carbocycles. The van der Waals surface area contributed by atoms with Gasteiger partial charge in [-0.05, 0) is 31.7 Å². The number of urea groups is 1. The molecule has 0 spiro atoms. The van der Waals surface area contributed by atoms with Crippen molar-refractivity contribution in [2.45, 2.75) is 19.5 Å². The van der Waals surface area contributed by atoms with Gasteiger partial charge in [0.25, 0.3) is 0 Å². The summed E-state index contributed by atoms with van der Waals surface area (Å²) in [4.78, 5) is 26.9. The van der Waals surface area contributed by atoms with Crippen LogP contribution in [0.5, 0.6) is 0 Å². The second kappa shape index (κ2) is 6.64. The number of amides is 3. The Morgan fingerprint density at radius 3 is 2.71 bits per heavy atom. The summed E-state index contributed by atoms with van der Waals surface area (Å²) < 4.78 is 0. The minimum Gasteiger partial charge on any atom is -0.336 e. The third-order valence-corrected chi connectivity index (χ3v) is 4.30. The summed E-state index contributed by atoms with van der Waals surface area (Å²) in [5.74, 6) is -0.201. The second-order valence-electron chi connectivity index (χ2n) is 5.06. The topological polar surface area (TPSA) is 52.7 Å². The van der Waals surface area contributed by atoms with Crippen LogP contribution in [0.15, 0.2) is 18.2 Å². The Balaban J connectivity index is 2.01. The highest BCUT2D eigenvalue weighted by molar-refractivity contribution is 6.42. The van der Waals surface area contributed by atoms with E-state index in [1.165, 1.54) is 4.90 Å². The summed E-state index contributed by atoms with van der Waals surface area (Å²) in [6.45, 7) is 3.25. The number of nitrogens with zero attached hydrogens (tertiary/aromatic N) is 2. The van der Waals surface area contributed by atoms with E-state index < -0.39 is 6.04 Å². The van der Waals surface area contributed by atoms with Gasteiger partial charge in [-0.3, -0.25) is 14.6 Å².